The van der Waals surface area contributed by atoms with E-state index in [9.17, 15) is 22.8 Å². The van der Waals surface area contributed by atoms with Gasteiger partial charge in [0.05, 0.1) is 17.1 Å². The molecule has 2 heterocycles. The molecule has 2 aromatic heterocycles. The van der Waals surface area contributed by atoms with Crippen LogP contribution in [0.15, 0.2) is 58.1 Å². The third-order valence-corrected chi connectivity index (χ3v) is 6.13. The van der Waals surface area contributed by atoms with Crippen molar-refractivity contribution in [3.63, 3.8) is 0 Å². The summed E-state index contributed by atoms with van der Waals surface area (Å²) in [7, 11) is 1.73. The minimum absolute atomic E-state index is 0.132. The van der Waals surface area contributed by atoms with E-state index in [1.165, 1.54) is 10.6 Å². The molecule has 186 valence electrons. The van der Waals surface area contributed by atoms with Crippen LogP contribution in [-0.2, 0) is 0 Å². The number of aromatic nitrogens is 2. The van der Waals surface area contributed by atoms with E-state index < -0.39 is 23.5 Å². The highest BCUT2D eigenvalue weighted by Gasteiger charge is 2.19. The fourth-order valence-corrected chi connectivity index (χ4v) is 4.31. The third-order valence-electron chi connectivity index (χ3n) is 5.50. The van der Waals surface area contributed by atoms with Crippen molar-refractivity contribution in [3.8, 4) is 5.69 Å². The Morgan fingerprint density at radius 3 is 2.39 bits per heavy atom. The van der Waals surface area contributed by atoms with E-state index in [0.717, 1.165) is 23.6 Å². The lowest BCUT2D eigenvalue weighted by atomic mass is 9.99. The zero-order valence-electron chi connectivity index (χ0n) is 19.4. The average molecular weight is 560 g/mol. The highest BCUT2D eigenvalue weighted by Crippen LogP contribution is 2.30. The molecule has 3 N–H and O–H groups in total. The van der Waals surface area contributed by atoms with Crippen molar-refractivity contribution in [2.45, 2.75) is 19.8 Å². The maximum absolute atomic E-state index is 14.7. The molecular weight excluding hydrogens is 539 g/mol. The van der Waals surface area contributed by atoms with Gasteiger partial charge < -0.3 is 16.0 Å². The molecule has 0 atom stereocenters. The number of rotatable bonds is 5. The summed E-state index contributed by atoms with van der Waals surface area (Å²) in [5.41, 5.74) is -0.0444. The highest BCUT2D eigenvalue weighted by atomic mass is 79.9. The summed E-state index contributed by atoms with van der Waals surface area (Å²) >= 11 is 3.30. The molecule has 0 unspecified atom stereocenters. The van der Waals surface area contributed by atoms with Crippen LogP contribution in [0.5, 0.6) is 0 Å². The molecular formula is C25H21BrF3N5O2. The lowest BCUT2D eigenvalue weighted by Gasteiger charge is -2.17. The first-order valence-electron chi connectivity index (χ1n) is 10.8. The van der Waals surface area contributed by atoms with Gasteiger partial charge in [-0.1, -0.05) is 13.8 Å². The smallest absolute Gasteiger partial charge is 0.323 e. The molecule has 0 fully saturated rings. The molecule has 0 radical (unpaired) electrons. The second kappa shape index (κ2) is 10.0. The van der Waals surface area contributed by atoms with Crippen LogP contribution in [0.4, 0.5) is 35.2 Å². The quantitative estimate of drug-likeness (QED) is 0.265. The van der Waals surface area contributed by atoms with Crippen molar-refractivity contribution < 1.29 is 18.0 Å². The summed E-state index contributed by atoms with van der Waals surface area (Å²) in [6, 6.07) is 5.87. The Bertz CT molecular complexity index is 1560. The van der Waals surface area contributed by atoms with E-state index in [0.29, 0.717) is 22.8 Å². The minimum Gasteiger partial charge on any atom is -0.373 e. The molecule has 0 aliphatic heterocycles. The van der Waals surface area contributed by atoms with E-state index in [1.807, 2.05) is 13.8 Å². The van der Waals surface area contributed by atoms with Gasteiger partial charge in [0.25, 0.3) is 5.56 Å². The number of anilines is 3. The second-order valence-corrected chi connectivity index (χ2v) is 9.12. The Labute approximate surface area is 212 Å². The van der Waals surface area contributed by atoms with Gasteiger partial charge in [-0.25, -0.2) is 22.9 Å². The third kappa shape index (κ3) is 4.92. The van der Waals surface area contributed by atoms with Crippen molar-refractivity contribution in [1.29, 1.82) is 0 Å². The lowest BCUT2D eigenvalue weighted by Crippen LogP contribution is -2.24. The fourth-order valence-electron chi connectivity index (χ4n) is 3.80. The number of benzene rings is 2. The molecule has 36 heavy (non-hydrogen) atoms. The topological polar surface area (TPSA) is 88.0 Å². The predicted molar refractivity (Wildman–Crippen MR) is 138 cm³/mol. The van der Waals surface area contributed by atoms with Crippen LogP contribution in [0.1, 0.15) is 25.3 Å². The van der Waals surface area contributed by atoms with Gasteiger partial charge in [0.15, 0.2) is 0 Å². The van der Waals surface area contributed by atoms with Crippen LogP contribution in [-0.4, -0.2) is 22.6 Å². The average Bonchev–Trinajstić information content (AvgIpc) is 2.81. The number of halogens is 4. The molecule has 2 aromatic carbocycles. The summed E-state index contributed by atoms with van der Waals surface area (Å²) < 4.78 is 43.3. The van der Waals surface area contributed by atoms with Crippen molar-refractivity contribution >= 4 is 49.9 Å². The Morgan fingerprint density at radius 1 is 1.03 bits per heavy atom. The molecule has 7 nitrogen and oxygen atoms in total. The Hall–Kier alpha value is -3.86. The van der Waals surface area contributed by atoms with Gasteiger partial charge in [-0.15, -0.1) is 0 Å². The van der Waals surface area contributed by atoms with Crippen LogP contribution in [0.2, 0.25) is 0 Å². The number of carbonyl (C=O) groups is 1. The maximum Gasteiger partial charge on any atom is 0.323 e. The molecule has 4 aromatic rings. The largest absolute Gasteiger partial charge is 0.373 e. The summed E-state index contributed by atoms with van der Waals surface area (Å²) in [6.45, 7) is 3.79. The number of urea groups is 1. The normalized spacial score (nSPS) is 11.1. The van der Waals surface area contributed by atoms with Crippen molar-refractivity contribution in [1.82, 2.24) is 9.55 Å². The zero-order chi connectivity index (χ0) is 26.1. The summed E-state index contributed by atoms with van der Waals surface area (Å²) in [4.78, 5) is 30.3. The summed E-state index contributed by atoms with van der Waals surface area (Å²) in [6.07, 6.45) is 3.22. The first-order chi connectivity index (χ1) is 17.1. The van der Waals surface area contributed by atoms with Gasteiger partial charge in [-0.2, -0.15) is 0 Å². The molecule has 0 saturated heterocycles. The van der Waals surface area contributed by atoms with Crippen molar-refractivity contribution in [3.05, 3.63) is 86.6 Å². The van der Waals surface area contributed by atoms with Crippen molar-refractivity contribution in [2.75, 3.05) is 23.0 Å². The molecule has 0 bridgehead atoms. The number of nitrogens with one attached hydrogen (secondary N) is 3. The van der Waals surface area contributed by atoms with E-state index in [4.69, 9.17) is 0 Å². The van der Waals surface area contributed by atoms with Gasteiger partial charge >= 0.3 is 6.03 Å². The SMILES string of the molecule is CNc1cc2c(C(C)C)c(=O)n(-c3cc(NC(=O)Nc4ccc(F)cc4F)c(F)cc3Br)cc2cn1. The minimum atomic E-state index is -0.985. The number of fused-ring (bicyclic) bond motifs is 1. The first kappa shape index (κ1) is 25.2. The molecule has 0 aliphatic rings. The monoisotopic (exact) mass is 559 g/mol. The fraction of sp³-hybridized carbons (Fsp3) is 0.160. The Morgan fingerprint density at radius 2 is 1.72 bits per heavy atom. The van der Waals surface area contributed by atoms with Crippen LogP contribution in [0, 0.1) is 17.5 Å². The number of amides is 2. The number of carbonyl (C=O) groups excluding carboxylic acids is 1. The number of nitrogens with zero attached hydrogens (tertiary/aromatic N) is 2. The summed E-state index contributed by atoms with van der Waals surface area (Å²) in [5, 5.41) is 8.89. The van der Waals surface area contributed by atoms with Crippen LogP contribution in [0.25, 0.3) is 16.5 Å². The predicted octanol–water partition coefficient (Wildman–Crippen LogP) is 6.37. The van der Waals surface area contributed by atoms with E-state index in [1.54, 1.807) is 25.5 Å². The highest BCUT2D eigenvalue weighted by molar-refractivity contribution is 9.10. The first-order valence-corrected chi connectivity index (χ1v) is 11.6. The van der Waals surface area contributed by atoms with Gasteiger partial charge in [-0.3, -0.25) is 9.36 Å². The van der Waals surface area contributed by atoms with Gasteiger partial charge in [0.1, 0.15) is 23.3 Å². The maximum atomic E-state index is 14.7. The van der Waals surface area contributed by atoms with E-state index >= 15 is 0 Å². The summed E-state index contributed by atoms with van der Waals surface area (Å²) in [5.74, 6) is -2.10. The van der Waals surface area contributed by atoms with Gasteiger partial charge in [-0.05, 0) is 57.6 Å². The van der Waals surface area contributed by atoms with Crippen molar-refractivity contribution in [2.24, 2.45) is 0 Å². The van der Waals surface area contributed by atoms with Crippen LogP contribution >= 0.6 is 15.9 Å². The number of hydrogen-bond acceptors (Lipinski definition) is 4. The van der Waals surface area contributed by atoms with E-state index in [-0.39, 0.29) is 33.0 Å². The van der Waals surface area contributed by atoms with Gasteiger partial charge in [0, 0.05) is 40.9 Å². The number of pyridine rings is 2. The molecule has 0 spiro atoms. The number of hydrogen-bond donors (Lipinski definition) is 3. The Kier molecular flexibility index (Phi) is 7.02. The molecule has 0 saturated carbocycles. The Balaban J connectivity index is 1.77. The molecule has 2 amide bonds. The van der Waals surface area contributed by atoms with Crippen LogP contribution in [0.3, 0.4) is 0 Å². The van der Waals surface area contributed by atoms with E-state index in [2.05, 4.69) is 36.9 Å². The van der Waals surface area contributed by atoms with Gasteiger partial charge in [0.2, 0.25) is 0 Å². The lowest BCUT2D eigenvalue weighted by molar-refractivity contribution is 0.262. The van der Waals surface area contributed by atoms with Crippen LogP contribution < -0.4 is 21.5 Å². The zero-order valence-corrected chi connectivity index (χ0v) is 21.0. The second-order valence-electron chi connectivity index (χ2n) is 8.27. The molecule has 4 rings (SSSR count). The molecule has 0 aliphatic carbocycles. The molecule has 11 heteroatoms. The standard InChI is InChI=1S/C25H21BrF3N5O2/c1-12(2)23-15-7-22(30-3)31-10-13(15)11-34(24(23)35)21-9-20(18(29)8-16(21)26)33-25(36)32-19-5-4-14(27)6-17(19)28/h4-12,30H,1-3H3,(H2,32,33,36).